The molecule has 7 heteroatoms. The highest BCUT2D eigenvalue weighted by molar-refractivity contribution is 5.90. The molecule has 0 bridgehead atoms. The Morgan fingerprint density at radius 2 is 1.90 bits per heavy atom. The van der Waals surface area contributed by atoms with E-state index < -0.39 is 12.0 Å². The Labute approximate surface area is 180 Å². The molecule has 1 atom stereocenters. The molecule has 1 fully saturated rings. The number of esters is 1. The van der Waals surface area contributed by atoms with Crippen LogP contribution in [0.25, 0.3) is 10.9 Å². The predicted octanol–water partition coefficient (Wildman–Crippen LogP) is 3.76. The van der Waals surface area contributed by atoms with Gasteiger partial charge in [-0.15, -0.1) is 0 Å². The Balaban J connectivity index is 1.50. The van der Waals surface area contributed by atoms with Gasteiger partial charge in [0.1, 0.15) is 18.4 Å². The number of aromatic nitrogens is 1. The summed E-state index contributed by atoms with van der Waals surface area (Å²) in [7, 11) is 1.39. The number of aromatic amines is 1. The summed E-state index contributed by atoms with van der Waals surface area (Å²) in [6, 6.07) is 14.8. The number of nitrogens with one attached hydrogen (secondary N) is 1. The molecule has 1 aliphatic heterocycles. The van der Waals surface area contributed by atoms with E-state index in [0.29, 0.717) is 38.1 Å². The summed E-state index contributed by atoms with van der Waals surface area (Å²) in [4.78, 5) is 29.1. The number of fused-ring (bicyclic) bond motifs is 1. The van der Waals surface area contributed by atoms with Crippen molar-refractivity contribution in [3.8, 4) is 5.75 Å². The molecular weight excluding hydrogens is 396 g/mol. The Hall–Kier alpha value is -3.32. The summed E-state index contributed by atoms with van der Waals surface area (Å²) < 4.78 is 10.7. The average Bonchev–Trinajstić information content (AvgIpc) is 3.21. The van der Waals surface area contributed by atoms with Crippen LogP contribution in [0.5, 0.6) is 5.75 Å². The van der Waals surface area contributed by atoms with Crippen LogP contribution in [-0.4, -0.2) is 47.1 Å². The van der Waals surface area contributed by atoms with Gasteiger partial charge in [-0.25, -0.2) is 0 Å². The lowest BCUT2D eigenvalue weighted by Gasteiger charge is -2.34. The molecule has 2 heterocycles. The van der Waals surface area contributed by atoms with Gasteiger partial charge < -0.3 is 19.6 Å². The molecule has 2 aromatic carbocycles. The van der Waals surface area contributed by atoms with Gasteiger partial charge in [-0.05, 0) is 30.5 Å². The van der Waals surface area contributed by atoms with Crippen molar-refractivity contribution in [2.45, 2.75) is 25.5 Å². The zero-order valence-electron chi connectivity index (χ0n) is 17.4. The fourth-order valence-corrected chi connectivity index (χ4v) is 4.23. The molecule has 0 spiro atoms. The largest absolute Gasteiger partial charge is 0.489 e. The third-order valence-electron chi connectivity index (χ3n) is 5.89. The second kappa shape index (κ2) is 9.22. The number of carboxylic acid groups (broad SMARTS) is 1. The quantitative estimate of drug-likeness (QED) is 0.564. The van der Waals surface area contributed by atoms with Crippen LogP contribution < -0.4 is 4.74 Å². The zero-order chi connectivity index (χ0) is 21.8. The van der Waals surface area contributed by atoms with Crippen molar-refractivity contribution in [3.63, 3.8) is 0 Å². The maximum absolute atomic E-state index is 12.2. The molecule has 0 radical (unpaired) electrons. The van der Waals surface area contributed by atoms with Crippen molar-refractivity contribution in [3.05, 3.63) is 65.9 Å². The molecule has 31 heavy (non-hydrogen) atoms. The number of rotatable bonds is 7. The van der Waals surface area contributed by atoms with Crippen molar-refractivity contribution < 1.29 is 24.2 Å². The number of benzene rings is 2. The highest BCUT2D eigenvalue weighted by Gasteiger charge is 2.34. The minimum absolute atomic E-state index is 0.164. The molecule has 1 aliphatic rings. The Morgan fingerprint density at radius 3 is 2.58 bits per heavy atom. The van der Waals surface area contributed by atoms with E-state index in [4.69, 9.17) is 9.47 Å². The number of aliphatic carboxylic acids is 1. The second-order valence-electron chi connectivity index (χ2n) is 7.80. The van der Waals surface area contributed by atoms with Gasteiger partial charge in [-0.3, -0.25) is 14.5 Å². The molecule has 1 aromatic heterocycles. The second-order valence-corrected chi connectivity index (χ2v) is 7.80. The van der Waals surface area contributed by atoms with Crippen molar-refractivity contribution >= 4 is 22.8 Å². The SMILES string of the molecule is COC(=O)C1CCN(C(C(=O)O)c2c[nH]c3cc(OCc4ccccc4)ccc23)CC1. The number of carboxylic acids is 1. The number of H-pyrrole nitrogens is 1. The number of nitrogens with zero attached hydrogens (tertiary/aromatic N) is 1. The van der Waals surface area contributed by atoms with E-state index in [2.05, 4.69) is 4.98 Å². The van der Waals surface area contributed by atoms with Crippen LogP contribution in [0.2, 0.25) is 0 Å². The van der Waals surface area contributed by atoms with Crippen molar-refractivity contribution in [1.82, 2.24) is 9.88 Å². The van der Waals surface area contributed by atoms with Crippen molar-refractivity contribution in [1.29, 1.82) is 0 Å². The van der Waals surface area contributed by atoms with Crippen LogP contribution in [0.3, 0.4) is 0 Å². The van der Waals surface area contributed by atoms with Gasteiger partial charge in [0.25, 0.3) is 0 Å². The van der Waals surface area contributed by atoms with Gasteiger partial charge in [0.15, 0.2) is 0 Å². The van der Waals surface area contributed by atoms with E-state index >= 15 is 0 Å². The van der Waals surface area contributed by atoms with E-state index in [9.17, 15) is 14.7 Å². The monoisotopic (exact) mass is 422 g/mol. The standard InChI is InChI=1S/C24H26N2O5/c1-30-24(29)17-9-11-26(12-10-17)22(23(27)28)20-14-25-21-13-18(7-8-19(20)21)31-15-16-5-3-2-4-6-16/h2-8,13-14,17,22,25H,9-12,15H2,1H3,(H,27,28). The van der Waals surface area contributed by atoms with Crippen LogP contribution in [0, 0.1) is 5.92 Å². The van der Waals surface area contributed by atoms with E-state index in [1.165, 1.54) is 7.11 Å². The number of carbonyl (C=O) groups excluding carboxylic acids is 1. The van der Waals surface area contributed by atoms with Crippen molar-refractivity contribution in [2.75, 3.05) is 20.2 Å². The molecule has 1 unspecified atom stereocenters. The van der Waals surface area contributed by atoms with Crippen LogP contribution in [0.15, 0.2) is 54.7 Å². The van der Waals surface area contributed by atoms with Gasteiger partial charge >= 0.3 is 11.9 Å². The smallest absolute Gasteiger partial charge is 0.325 e. The van der Waals surface area contributed by atoms with Crippen LogP contribution in [-0.2, 0) is 20.9 Å². The Bertz CT molecular complexity index is 1050. The van der Waals surface area contributed by atoms with Crippen molar-refractivity contribution in [2.24, 2.45) is 5.92 Å². The van der Waals surface area contributed by atoms with Gasteiger partial charge in [-0.1, -0.05) is 30.3 Å². The molecule has 0 saturated carbocycles. The lowest BCUT2D eigenvalue weighted by molar-refractivity contribution is -0.148. The lowest BCUT2D eigenvalue weighted by Crippen LogP contribution is -2.41. The van der Waals surface area contributed by atoms with Crippen LogP contribution in [0.4, 0.5) is 0 Å². The molecule has 162 valence electrons. The summed E-state index contributed by atoms with van der Waals surface area (Å²) in [6.07, 6.45) is 2.95. The third kappa shape index (κ3) is 4.56. The molecule has 0 aliphatic carbocycles. The number of hydrogen-bond donors (Lipinski definition) is 2. The topological polar surface area (TPSA) is 91.9 Å². The Kier molecular flexibility index (Phi) is 6.23. The molecule has 0 amide bonds. The highest BCUT2D eigenvalue weighted by atomic mass is 16.5. The summed E-state index contributed by atoms with van der Waals surface area (Å²) in [5.74, 6) is -0.568. The number of ether oxygens (including phenoxy) is 2. The molecule has 1 saturated heterocycles. The summed E-state index contributed by atoms with van der Waals surface area (Å²) in [6.45, 7) is 1.52. The predicted molar refractivity (Wildman–Crippen MR) is 116 cm³/mol. The first-order valence-corrected chi connectivity index (χ1v) is 10.4. The maximum Gasteiger partial charge on any atom is 0.325 e. The maximum atomic E-state index is 12.2. The summed E-state index contributed by atoms with van der Waals surface area (Å²) in [5.41, 5.74) is 2.63. The average molecular weight is 422 g/mol. The van der Waals surface area contributed by atoms with E-state index in [1.54, 1.807) is 6.20 Å². The first-order valence-electron chi connectivity index (χ1n) is 10.4. The van der Waals surface area contributed by atoms with Crippen LogP contribution >= 0.6 is 0 Å². The molecule has 4 rings (SSSR count). The van der Waals surface area contributed by atoms with E-state index in [1.807, 2.05) is 53.4 Å². The highest BCUT2D eigenvalue weighted by Crippen LogP contribution is 2.33. The van der Waals surface area contributed by atoms with Gasteiger partial charge in [0.2, 0.25) is 0 Å². The Morgan fingerprint density at radius 1 is 1.16 bits per heavy atom. The minimum Gasteiger partial charge on any atom is -0.489 e. The molecule has 3 aromatic rings. The van der Waals surface area contributed by atoms with Gasteiger partial charge in [0.05, 0.1) is 13.0 Å². The fraction of sp³-hybridized carbons (Fsp3) is 0.333. The number of methoxy groups -OCH3 is 1. The van der Waals surface area contributed by atoms with E-state index in [0.717, 1.165) is 22.2 Å². The molecule has 2 N–H and O–H groups in total. The van der Waals surface area contributed by atoms with E-state index in [-0.39, 0.29) is 11.9 Å². The fourth-order valence-electron chi connectivity index (χ4n) is 4.23. The third-order valence-corrected chi connectivity index (χ3v) is 5.89. The van der Waals surface area contributed by atoms with Gasteiger partial charge in [0, 0.05) is 41.8 Å². The summed E-state index contributed by atoms with van der Waals surface area (Å²) in [5, 5.41) is 10.8. The number of piperidine rings is 1. The number of carbonyl (C=O) groups is 2. The molecule has 7 nitrogen and oxygen atoms in total. The first-order chi connectivity index (χ1) is 15.1. The van der Waals surface area contributed by atoms with Gasteiger partial charge in [-0.2, -0.15) is 0 Å². The number of likely N-dealkylation sites (tertiary alicyclic amines) is 1. The minimum atomic E-state index is -0.901. The lowest BCUT2D eigenvalue weighted by atomic mass is 9.94. The molecular formula is C24H26N2O5. The number of hydrogen-bond acceptors (Lipinski definition) is 5. The zero-order valence-corrected chi connectivity index (χ0v) is 17.4. The van der Waals surface area contributed by atoms with Crippen LogP contribution in [0.1, 0.15) is 30.0 Å². The first kappa shape index (κ1) is 20.9. The summed E-state index contributed by atoms with van der Waals surface area (Å²) >= 11 is 0. The normalized spacial score (nSPS) is 16.2.